The van der Waals surface area contributed by atoms with Gasteiger partial charge in [0.2, 0.25) is 0 Å². The molecule has 0 saturated heterocycles. The summed E-state index contributed by atoms with van der Waals surface area (Å²) >= 11 is 3.54. The Bertz CT molecular complexity index is 895. The molecule has 1 aliphatic carbocycles. The first-order valence-corrected chi connectivity index (χ1v) is 8.99. The number of amidine groups is 1. The van der Waals surface area contributed by atoms with Crippen LogP contribution in [-0.2, 0) is 4.84 Å². The Balaban J connectivity index is 1.80. The van der Waals surface area contributed by atoms with Crippen LogP contribution in [0, 0.1) is 0 Å². The molecule has 2 atom stereocenters. The zero-order chi connectivity index (χ0) is 23.1. The summed E-state index contributed by atoms with van der Waals surface area (Å²) < 4.78 is 108. The van der Waals surface area contributed by atoms with Crippen molar-refractivity contribution in [2.45, 2.75) is 36.5 Å². The maximum Gasteiger partial charge on any atom is 0.409 e. The summed E-state index contributed by atoms with van der Waals surface area (Å²) in [7, 11) is 0. The summed E-state index contributed by atoms with van der Waals surface area (Å²) in [5, 5.41) is 0.471. The van der Waals surface area contributed by atoms with Gasteiger partial charge in [-0.25, -0.2) is 14.9 Å². The van der Waals surface area contributed by atoms with Crippen LogP contribution < -0.4 is 0 Å². The zero-order valence-corrected chi connectivity index (χ0v) is 16.2. The van der Waals surface area contributed by atoms with E-state index in [2.05, 4.69) is 27.5 Å². The highest BCUT2D eigenvalue weighted by Crippen LogP contribution is 2.54. The molecule has 0 spiro atoms. The van der Waals surface area contributed by atoms with Crippen LogP contribution in [0.25, 0.3) is 0 Å². The van der Waals surface area contributed by atoms with Crippen LogP contribution in [0.2, 0.25) is 0 Å². The molecule has 31 heavy (non-hydrogen) atoms. The van der Waals surface area contributed by atoms with E-state index in [9.17, 15) is 30.7 Å². The van der Waals surface area contributed by atoms with Gasteiger partial charge in [0.15, 0.2) is 0 Å². The van der Waals surface area contributed by atoms with Crippen molar-refractivity contribution in [3.05, 3.63) is 47.8 Å². The Kier molecular flexibility index (Phi) is 5.99. The molecule has 170 valence electrons. The molecule has 5 nitrogen and oxygen atoms in total. The second-order valence-corrected chi connectivity index (χ2v) is 7.02. The number of hydrogen-bond donors (Lipinski definition) is 1. The third kappa shape index (κ3) is 4.49. The maximum atomic E-state index is 15.0. The number of alkyl halides is 8. The molecule has 0 bridgehead atoms. The second kappa shape index (κ2) is 7.97. The van der Waals surface area contributed by atoms with E-state index in [1.165, 1.54) is 18.5 Å². The van der Waals surface area contributed by atoms with Gasteiger partial charge in [-0.1, -0.05) is 6.08 Å². The lowest BCUT2D eigenvalue weighted by molar-refractivity contribution is -0.380. The van der Waals surface area contributed by atoms with Crippen molar-refractivity contribution in [1.82, 2.24) is 9.96 Å². The van der Waals surface area contributed by atoms with Crippen LogP contribution in [0.15, 0.2) is 57.8 Å². The molecule has 3 aliphatic rings. The average molecular weight is 474 g/mol. The number of allylic oxidation sites excluding steroid dienone is 3. The van der Waals surface area contributed by atoms with Crippen LogP contribution in [0.5, 0.6) is 0 Å². The van der Waals surface area contributed by atoms with Crippen molar-refractivity contribution in [3.63, 3.8) is 0 Å². The molecule has 0 aromatic rings. The van der Waals surface area contributed by atoms with E-state index in [4.69, 9.17) is 0 Å². The van der Waals surface area contributed by atoms with Gasteiger partial charge in [0.1, 0.15) is 18.5 Å². The summed E-state index contributed by atoms with van der Waals surface area (Å²) in [5.74, 6) is -14.3. The van der Waals surface area contributed by atoms with Crippen LogP contribution in [0.3, 0.4) is 0 Å². The van der Waals surface area contributed by atoms with E-state index >= 15 is 4.39 Å². The SMILES string of the molecule is FC(F)(F)C=CC1N=CC=CN1C1=NC=CN(OC2(F)C(S)=CCC(F)(F)C2(F)F)C1. The number of halogens is 8. The summed E-state index contributed by atoms with van der Waals surface area (Å²) in [4.78, 5) is 12.4. The van der Waals surface area contributed by atoms with Gasteiger partial charge in [0, 0.05) is 37.3 Å². The molecule has 0 radical (unpaired) electrons. The quantitative estimate of drug-likeness (QED) is 0.369. The standard InChI is InChI=1S/C17H14F8N4OS/c18-14(19)4-2-11(31)16(23,17(14,24)25)30-28-9-7-27-13(10-28)29-8-1-6-26-12(29)3-5-15(20,21)22/h1-3,5-9,12,31H,4,10H2. The Labute approximate surface area is 176 Å². The lowest BCUT2D eigenvalue weighted by atomic mass is 9.94. The molecule has 3 rings (SSSR count). The van der Waals surface area contributed by atoms with E-state index in [0.29, 0.717) is 17.2 Å². The lowest BCUT2D eigenvalue weighted by Gasteiger charge is -2.42. The number of rotatable bonds is 3. The summed E-state index contributed by atoms with van der Waals surface area (Å²) in [6.07, 6.45) is -0.318. The van der Waals surface area contributed by atoms with Crippen LogP contribution in [-0.4, -0.2) is 58.6 Å². The van der Waals surface area contributed by atoms with Crippen molar-refractivity contribution in [2.24, 2.45) is 9.98 Å². The monoisotopic (exact) mass is 474 g/mol. The highest BCUT2D eigenvalue weighted by molar-refractivity contribution is 7.84. The molecule has 0 amide bonds. The average Bonchev–Trinajstić information content (AvgIpc) is 2.69. The topological polar surface area (TPSA) is 40.4 Å². The van der Waals surface area contributed by atoms with Crippen LogP contribution in [0.4, 0.5) is 35.1 Å². The van der Waals surface area contributed by atoms with Gasteiger partial charge >= 0.3 is 23.9 Å². The molecular formula is C17H14F8N4OS. The number of hydroxylamine groups is 2. The molecule has 0 aromatic carbocycles. The molecule has 2 heterocycles. The Morgan fingerprint density at radius 2 is 1.87 bits per heavy atom. The van der Waals surface area contributed by atoms with Crippen molar-refractivity contribution < 1.29 is 40.0 Å². The van der Waals surface area contributed by atoms with Crippen molar-refractivity contribution in [2.75, 3.05) is 6.54 Å². The van der Waals surface area contributed by atoms with Crippen LogP contribution in [0.1, 0.15) is 6.42 Å². The zero-order valence-electron chi connectivity index (χ0n) is 15.3. The smallest absolute Gasteiger partial charge is 0.309 e. The molecule has 14 heteroatoms. The molecule has 0 fully saturated rings. The van der Waals surface area contributed by atoms with Crippen molar-refractivity contribution in [1.29, 1.82) is 0 Å². The normalized spacial score (nSPS) is 30.0. The highest BCUT2D eigenvalue weighted by atomic mass is 32.1. The third-order valence-corrected chi connectivity index (χ3v) is 4.82. The number of thiol groups is 1. The van der Waals surface area contributed by atoms with E-state index in [1.807, 2.05) is 0 Å². The van der Waals surface area contributed by atoms with Gasteiger partial charge in [-0.15, -0.1) is 12.6 Å². The lowest BCUT2D eigenvalue weighted by Crippen LogP contribution is -2.61. The Hall–Kier alpha value is -2.35. The number of aliphatic imine (C=N–C) groups is 2. The summed E-state index contributed by atoms with van der Waals surface area (Å²) in [6, 6.07) is 0. The van der Waals surface area contributed by atoms with E-state index in [-0.39, 0.29) is 11.9 Å². The Morgan fingerprint density at radius 1 is 1.16 bits per heavy atom. The maximum absolute atomic E-state index is 15.0. The third-order valence-electron chi connectivity index (χ3n) is 4.35. The van der Waals surface area contributed by atoms with Crippen molar-refractivity contribution in [3.8, 4) is 0 Å². The molecule has 2 aliphatic heterocycles. The minimum atomic E-state index is -5.25. The first-order chi connectivity index (χ1) is 14.3. The first kappa shape index (κ1) is 23.3. The largest absolute Gasteiger partial charge is 0.409 e. The second-order valence-electron chi connectivity index (χ2n) is 6.54. The minimum Gasteiger partial charge on any atom is -0.309 e. The predicted molar refractivity (Wildman–Crippen MR) is 98.2 cm³/mol. The molecule has 0 saturated carbocycles. The molecule has 2 unspecified atom stereocenters. The number of nitrogens with zero attached hydrogens (tertiary/aromatic N) is 4. The van der Waals surface area contributed by atoms with E-state index in [0.717, 1.165) is 17.3 Å². The van der Waals surface area contributed by atoms with Gasteiger partial charge in [0.05, 0.1) is 4.91 Å². The predicted octanol–water partition coefficient (Wildman–Crippen LogP) is 4.60. The summed E-state index contributed by atoms with van der Waals surface area (Å²) in [5.41, 5.74) is 0. The van der Waals surface area contributed by atoms with Gasteiger partial charge in [-0.3, -0.25) is 4.99 Å². The van der Waals surface area contributed by atoms with Gasteiger partial charge in [-0.05, 0) is 12.2 Å². The fourth-order valence-electron chi connectivity index (χ4n) is 2.79. The minimum absolute atomic E-state index is 0.0478. The van der Waals surface area contributed by atoms with Crippen molar-refractivity contribution >= 4 is 24.7 Å². The summed E-state index contributed by atoms with van der Waals surface area (Å²) in [6.45, 7) is -0.568. The van der Waals surface area contributed by atoms with Gasteiger partial charge < -0.3 is 4.90 Å². The van der Waals surface area contributed by atoms with Gasteiger partial charge in [0.25, 0.3) is 0 Å². The van der Waals surface area contributed by atoms with E-state index < -0.39 is 47.9 Å². The number of hydrogen-bond acceptors (Lipinski definition) is 6. The van der Waals surface area contributed by atoms with E-state index in [1.54, 1.807) is 0 Å². The molecule has 0 N–H and O–H groups in total. The highest BCUT2D eigenvalue weighted by Gasteiger charge is 2.74. The first-order valence-electron chi connectivity index (χ1n) is 8.54. The molecule has 0 aromatic heterocycles. The van der Waals surface area contributed by atoms with Gasteiger partial charge in [-0.2, -0.15) is 35.1 Å². The van der Waals surface area contributed by atoms with Crippen LogP contribution >= 0.6 is 12.6 Å². The molecular weight excluding hydrogens is 460 g/mol. The fourth-order valence-corrected chi connectivity index (χ4v) is 3.06. The fraction of sp³-hybridized carbons (Fsp3) is 0.412. The Morgan fingerprint density at radius 3 is 2.55 bits per heavy atom.